The minimum Gasteiger partial charge on any atom is -0.492 e. The molecule has 1 aromatic heterocycles. The number of carbonyl (C=O) groups excluding carboxylic acids is 1. The predicted octanol–water partition coefficient (Wildman–Crippen LogP) is 4.18. The van der Waals surface area contributed by atoms with Gasteiger partial charge in [0.15, 0.2) is 5.13 Å². The summed E-state index contributed by atoms with van der Waals surface area (Å²) in [5.41, 5.74) is 1.29. The molecule has 3 rings (SSSR count). The van der Waals surface area contributed by atoms with Crippen LogP contribution in [0.4, 0.5) is 9.93 Å². The van der Waals surface area contributed by atoms with Crippen molar-refractivity contribution >= 4 is 22.6 Å². The molecule has 1 amide bonds. The van der Waals surface area contributed by atoms with Crippen LogP contribution in [0.25, 0.3) is 11.3 Å². The van der Waals surface area contributed by atoms with E-state index in [1.54, 1.807) is 0 Å². The van der Waals surface area contributed by atoms with Crippen molar-refractivity contribution in [3.8, 4) is 17.0 Å². The molecule has 158 valence electrons. The number of thiazole rings is 1. The number of anilines is 1. The van der Waals surface area contributed by atoms with E-state index in [2.05, 4.69) is 15.2 Å². The highest BCUT2D eigenvalue weighted by atomic mass is 32.1. The Morgan fingerprint density at radius 2 is 1.93 bits per heavy atom. The summed E-state index contributed by atoms with van der Waals surface area (Å²) in [4.78, 5) is 19.9. The van der Waals surface area contributed by atoms with E-state index in [-0.39, 0.29) is 0 Å². The number of benzene rings is 1. The van der Waals surface area contributed by atoms with Crippen molar-refractivity contribution in [1.29, 1.82) is 0 Å². The lowest BCUT2D eigenvalue weighted by Gasteiger charge is -2.26. The molecule has 1 aliphatic rings. The van der Waals surface area contributed by atoms with Gasteiger partial charge in [0.25, 0.3) is 0 Å². The summed E-state index contributed by atoms with van der Waals surface area (Å²) in [6.07, 6.45) is -0.498. The molecule has 1 N–H and O–H groups in total. The Morgan fingerprint density at radius 1 is 1.24 bits per heavy atom. The largest absolute Gasteiger partial charge is 0.492 e. The summed E-state index contributed by atoms with van der Waals surface area (Å²) in [7, 11) is 0. The minimum atomic E-state index is -0.545. The number of carbonyl (C=O) groups is 1. The highest BCUT2D eigenvalue weighted by molar-refractivity contribution is 7.16. The molecule has 1 aliphatic heterocycles. The normalized spacial score (nSPS) is 15.2. The maximum atomic E-state index is 12.0. The second-order valence-electron chi connectivity index (χ2n) is 7.88. The molecule has 0 aliphatic carbocycles. The van der Waals surface area contributed by atoms with Crippen LogP contribution in [0, 0.1) is 6.92 Å². The molecular weight excluding hydrogens is 390 g/mol. The summed E-state index contributed by atoms with van der Waals surface area (Å²) in [6, 6.07) is 7.88. The number of amides is 1. The number of rotatable bonds is 6. The molecule has 1 fully saturated rings. The standard InChI is InChI=1S/C21H29N3O4S/c1-15-18(22-19(29-15)23-20(25)28-21(2,3)4)16-5-7-17(8-6-16)27-14-11-24-9-12-26-13-10-24/h5-8H,9-14H2,1-4H3,(H,22,23,25). The number of morpholine rings is 1. The van der Waals surface area contributed by atoms with Crippen LogP contribution in [0.15, 0.2) is 24.3 Å². The topological polar surface area (TPSA) is 72.9 Å². The lowest BCUT2D eigenvalue weighted by atomic mass is 10.1. The van der Waals surface area contributed by atoms with Crippen LogP contribution in [-0.4, -0.2) is 61.0 Å². The van der Waals surface area contributed by atoms with Crippen LogP contribution in [0.1, 0.15) is 25.6 Å². The first-order chi connectivity index (χ1) is 13.8. The van der Waals surface area contributed by atoms with E-state index in [4.69, 9.17) is 14.2 Å². The Kier molecular flexibility index (Phi) is 7.10. The predicted molar refractivity (Wildman–Crippen MR) is 115 cm³/mol. The van der Waals surface area contributed by atoms with Crippen molar-refractivity contribution in [2.75, 3.05) is 44.8 Å². The van der Waals surface area contributed by atoms with E-state index in [0.717, 1.165) is 54.7 Å². The summed E-state index contributed by atoms with van der Waals surface area (Å²) in [6.45, 7) is 12.5. The number of hydrogen-bond donors (Lipinski definition) is 1. The smallest absolute Gasteiger partial charge is 0.413 e. The van der Waals surface area contributed by atoms with Crippen LogP contribution in [0.3, 0.4) is 0 Å². The lowest BCUT2D eigenvalue weighted by molar-refractivity contribution is 0.0322. The fourth-order valence-corrected chi connectivity index (χ4v) is 3.76. The van der Waals surface area contributed by atoms with E-state index in [0.29, 0.717) is 11.7 Å². The Balaban J connectivity index is 1.55. The van der Waals surface area contributed by atoms with Crippen LogP contribution in [-0.2, 0) is 9.47 Å². The number of nitrogens with zero attached hydrogens (tertiary/aromatic N) is 2. The number of nitrogens with one attached hydrogen (secondary N) is 1. The monoisotopic (exact) mass is 419 g/mol. The Hall–Kier alpha value is -2.16. The average molecular weight is 420 g/mol. The first-order valence-corrected chi connectivity index (χ1v) is 10.6. The molecule has 0 spiro atoms. The lowest BCUT2D eigenvalue weighted by Crippen LogP contribution is -2.38. The molecule has 1 saturated heterocycles. The van der Waals surface area contributed by atoms with Crippen LogP contribution < -0.4 is 10.1 Å². The number of aryl methyl sites for hydroxylation is 1. The van der Waals surface area contributed by atoms with Crippen LogP contribution in [0.2, 0.25) is 0 Å². The Bertz CT molecular complexity index is 808. The zero-order chi connectivity index (χ0) is 20.9. The maximum Gasteiger partial charge on any atom is 0.413 e. The molecule has 29 heavy (non-hydrogen) atoms. The summed E-state index contributed by atoms with van der Waals surface area (Å²) in [5, 5.41) is 3.23. The van der Waals surface area contributed by atoms with E-state index in [9.17, 15) is 4.79 Å². The molecule has 0 atom stereocenters. The molecule has 0 radical (unpaired) electrons. The van der Waals surface area contributed by atoms with Gasteiger partial charge in [-0.05, 0) is 52.0 Å². The van der Waals surface area contributed by atoms with Crippen molar-refractivity contribution in [3.05, 3.63) is 29.1 Å². The molecule has 0 bridgehead atoms. The molecule has 0 saturated carbocycles. The van der Waals surface area contributed by atoms with Gasteiger partial charge >= 0.3 is 6.09 Å². The van der Waals surface area contributed by atoms with Gasteiger partial charge in [0.1, 0.15) is 18.0 Å². The van der Waals surface area contributed by atoms with Gasteiger partial charge in [0.2, 0.25) is 0 Å². The zero-order valence-electron chi connectivity index (χ0n) is 17.5. The van der Waals surface area contributed by atoms with Gasteiger partial charge in [-0.25, -0.2) is 9.78 Å². The molecule has 8 heteroatoms. The van der Waals surface area contributed by atoms with Crippen molar-refractivity contribution in [3.63, 3.8) is 0 Å². The van der Waals surface area contributed by atoms with Gasteiger partial charge in [-0.15, -0.1) is 11.3 Å². The SMILES string of the molecule is Cc1sc(NC(=O)OC(C)(C)C)nc1-c1ccc(OCCN2CCOCC2)cc1. The summed E-state index contributed by atoms with van der Waals surface area (Å²) < 4.78 is 16.5. The van der Waals surface area contributed by atoms with Crippen molar-refractivity contribution in [1.82, 2.24) is 9.88 Å². The summed E-state index contributed by atoms with van der Waals surface area (Å²) >= 11 is 1.43. The molecular formula is C21H29N3O4S. The highest BCUT2D eigenvalue weighted by Crippen LogP contribution is 2.31. The third-order valence-corrected chi connectivity index (χ3v) is 5.20. The van der Waals surface area contributed by atoms with Gasteiger partial charge in [-0.1, -0.05) is 0 Å². The van der Waals surface area contributed by atoms with Gasteiger partial charge < -0.3 is 14.2 Å². The number of aromatic nitrogens is 1. The second kappa shape index (κ2) is 9.56. The first-order valence-electron chi connectivity index (χ1n) is 9.81. The minimum absolute atomic E-state index is 0.498. The fourth-order valence-electron chi connectivity index (χ4n) is 2.94. The average Bonchev–Trinajstić information content (AvgIpc) is 3.01. The molecule has 2 aromatic rings. The van der Waals surface area contributed by atoms with E-state index in [1.165, 1.54) is 11.3 Å². The summed E-state index contributed by atoms with van der Waals surface area (Å²) in [5.74, 6) is 0.835. The Morgan fingerprint density at radius 3 is 2.59 bits per heavy atom. The fraction of sp³-hybridized carbons (Fsp3) is 0.524. The van der Waals surface area contributed by atoms with E-state index >= 15 is 0 Å². The zero-order valence-corrected chi connectivity index (χ0v) is 18.3. The van der Waals surface area contributed by atoms with Gasteiger partial charge in [-0.3, -0.25) is 10.2 Å². The first kappa shape index (κ1) is 21.5. The van der Waals surface area contributed by atoms with Crippen LogP contribution >= 0.6 is 11.3 Å². The molecule has 2 heterocycles. The maximum absolute atomic E-state index is 12.0. The number of ether oxygens (including phenoxy) is 3. The Labute approximate surface area is 176 Å². The molecule has 0 unspecified atom stereocenters. The van der Waals surface area contributed by atoms with E-state index in [1.807, 2.05) is 52.0 Å². The van der Waals surface area contributed by atoms with Crippen LogP contribution in [0.5, 0.6) is 5.75 Å². The quantitative estimate of drug-likeness (QED) is 0.757. The van der Waals surface area contributed by atoms with E-state index < -0.39 is 11.7 Å². The molecule has 1 aromatic carbocycles. The van der Waals surface area contributed by atoms with Gasteiger partial charge in [0, 0.05) is 30.1 Å². The van der Waals surface area contributed by atoms with Gasteiger partial charge in [0.05, 0.1) is 18.9 Å². The number of hydrogen-bond acceptors (Lipinski definition) is 7. The van der Waals surface area contributed by atoms with Crippen molar-refractivity contribution < 1.29 is 19.0 Å². The molecule has 7 nitrogen and oxygen atoms in total. The third kappa shape index (κ3) is 6.69. The van der Waals surface area contributed by atoms with Crippen molar-refractivity contribution in [2.24, 2.45) is 0 Å². The third-order valence-electron chi connectivity index (χ3n) is 4.31. The second-order valence-corrected chi connectivity index (χ2v) is 9.08. The highest BCUT2D eigenvalue weighted by Gasteiger charge is 2.18. The van der Waals surface area contributed by atoms with Crippen molar-refractivity contribution in [2.45, 2.75) is 33.3 Å². The van der Waals surface area contributed by atoms with Gasteiger partial charge in [-0.2, -0.15) is 0 Å².